The molecular weight excluding hydrogens is 234 g/mol. The Balaban J connectivity index is 1.94. The van der Waals surface area contributed by atoms with Crippen molar-refractivity contribution < 1.29 is 0 Å². The van der Waals surface area contributed by atoms with E-state index in [0.29, 0.717) is 0 Å². The summed E-state index contributed by atoms with van der Waals surface area (Å²) in [6, 6.07) is 4.26. The lowest BCUT2D eigenvalue weighted by Crippen LogP contribution is -2.44. The second-order valence-corrected chi connectivity index (χ2v) is 6.78. The summed E-state index contributed by atoms with van der Waals surface area (Å²) in [5, 5.41) is 3.63. The van der Waals surface area contributed by atoms with Crippen LogP contribution >= 0.6 is 0 Å². The standard InChI is InChI=1S/C16H27N3/c1-13-7-8-17-15(10-13)19-9-5-6-14(12-19)11-18-16(2,3)4/h7-8,10,14,18H,5-6,9,11-12H2,1-4H3. The molecule has 0 saturated carbocycles. The van der Waals surface area contributed by atoms with Gasteiger partial charge in [-0.1, -0.05) is 0 Å². The first-order valence-electron chi connectivity index (χ1n) is 7.37. The molecular formula is C16H27N3. The van der Waals surface area contributed by atoms with Crippen molar-refractivity contribution >= 4 is 5.82 Å². The summed E-state index contributed by atoms with van der Waals surface area (Å²) in [6.45, 7) is 12.2. The Morgan fingerprint density at radius 1 is 1.42 bits per heavy atom. The molecule has 0 amide bonds. The van der Waals surface area contributed by atoms with E-state index in [1.54, 1.807) is 0 Å². The highest BCUT2D eigenvalue weighted by Crippen LogP contribution is 2.22. The number of rotatable bonds is 3. The molecule has 1 saturated heterocycles. The summed E-state index contributed by atoms with van der Waals surface area (Å²) in [6.07, 6.45) is 4.51. The summed E-state index contributed by atoms with van der Waals surface area (Å²) in [5.74, 6) is 1.87. The van der Waals surface area contributed by atoms with Crippen LogP contribution in [0.4, 0.5) is 5.82 Å². The molecule has 1 N–H and O–H groups in total. The van der Waals surface area contributed by atoms with Crippen molar-refractivity contribution in [3.8, 4) is 0 Å². The van der Waals surface area contributed by atoms with Crippen molar-refractivity contribution in [2.45, 2.75) is 46.1 Å². The smallest absolute Gasteiger partial charge is 0.128 e. The van der Waals surface area contributed by atoms with E-state index in [4.69, 9.17) is 0 Å². The number of anilines is 1. The molecule has 3 heteroatoms. The van der Waals surface area contributed by atoms with Gasteiger partial charge in [-0.15, -0.1) is 0 Å². The Morgan fingerprint density at radius 3 is 2.89 bits per heavy atom. The maximum Gasteiger partial charge on any atom is 0.128 e. The van der Waals surface area contributed by atoms with Crippen LogP contribution in [0.2, 0.25) is 0 Å². The highest BCUT2D eigenvalue weighted by molar-refractivity contribution is 5.41. The van der Waals surface area contributed by atoms with Crippen molar-refractivity contribution in [1.29, 1.82) is 0 Å². The van der Waals surface area contributed by atoms with Crippen molar-refractivity contribution in [2.24, 2.45) is 5.92 Å². The van der Waals surface area contributed by atoms with Crippen LogP contribution in [-0.4, -0.2) is 30.2 Å². The molecule has 0 aliphatic carbocycles. The average molecular weight is 261 g/mol. The lowest BCUT2D eigenvalue weighted by atomic mass is 9.96. The first-order valence-corrected chi connectivity index (χ1v) is 7.37. The van der Waals surface area contributed by atoms with Crippen LogP contribution in [0, 0.1) is 12.8 Å². The summed E-state index contributed by atoms with van der Waals surface area (Å²) in [5.41, 5.74) is 1.50. The van der Waals surface area contributed by atoms with Crippen molar-refractivity contribution in [1.82, 2.24) is 10.3 Å². The first-order chi connectivity index (χ1) is 8.94. The average Bonchev–Trinajstić information content (AvgIpc) is 2.36. The molecule has 1 fully saturated rings. The number of nitrogens with zero attached hydrogens (tertiary/aromatic N) is 2. The normalized spacial score (nSPS) is 20.6. The van der Waals surface area contributed by atoms with Gasteiger partial charge < -0.3 is 10.2 Å². The molecule has 0 aromatic carbocycles. The van der Waals surface area contributed by atoms with E-state index in [0.717, 1.165) is 31.4 Å². The van der Waals surface area contributed by atoms with Crippen LogP contribution < -0.4 is 10.2 Å². The zero-order chi connectivity index (χ0) is 13.9. The maximum absolute atomic E-state index is 4.51. The third-order valence-corrected chi connectivity index (χ3v) is 3.67. The van der Waals surface area contributed by atoms with E-state index < -0.39 is 0 Å². The van der Waals surface area contributed by atoms with Gasteiger partial charge in [-0.3, -0.25) is 0 Å². The van der Waals surface area contributed by atoms with E-state index in [1.165, 1.54) is 18.4 Å². The van der Waals surface area contributed by atoms with E-state index in [2.05, 4.69) is 55.0 Å². The minimum atomic E-state index is 0.212. The van der Waals surface area contributed by atoms with Gasteiger partial charge >= 0.3 is 0 Å². The number of aromatic nitrogens is 1. The van der Waals surface area contributed by atoms with Crippen LogP contribution in [-0.2, 0) is 0 Å². The largest absolute Gasteiger partial charge is 0.356 e. The first kappa shape index (κ1) is 14.3. The summed E-state index contributed by atoms with van der Waals surface area (Å²) in [4.78, 5) is 6.95. The van der Waals surface area contributed by atoms with Gasteiger partial charge in [-0.2, -0.15) is 0 Å². The fourth-order valence-electron chi connectivity index (χ4n) is 2.58. The SMILES string of the molecule is Cc1ccnc(N2CCCC(CNC(C)(C)C)C2)c1. The molecule has 0 bridgehead atoms. The number of hydrogen-bond donors (Lipinski definition) is 1. The molecule has 1 aromatic heterocycles. The molecule has 1 aliphatic rings. The number of nitrogens with one attached hydrogen (secondary N) is 1. The molecule has 2 rings (SSSR count). The Hall–Kier alpha value is -1.09. The maximum atomic E-state index is 4.51. The van der Waals surface area contributed by atoms with E-state index >= 15 is 0 Å². The van der Waals surface area contributed by atoms with Gasteiger partial charge in [0.2, 0.25) is 0 Å². The highest BCUT2D eigenvalue weighted by Gasteiger charge is 2.22. The molecule has 106 valence electrons. The lowest BCUT2D eigenvalue weighted by Gasteiger charge is -2.35. The topological polar surface area (TPSA) is 28.2 Å². The zero-order valence-electron chi connectivity index (χ0n) is 12.7. The van der Waals surface area contributed by atoms with Crippen LogP contribution in [0.3, 0.4) is 0 Å². The monoisotopic (exact) mass is 261 g/mol. The molecule has 3 nitrogen and oxygen atoms in total. The quantitative estimate of drug-likeness (QED) is 0.906. The Kier molecular flexibility index (Phi) is 4.46. The predicted octanol–water partition coefficient (Wildman–Crippen LogP) is 2.99. The van der Waals surface area contributed by atoms with Crippen molar-refractivity contribution in [2.75, 3.05) is 24.5 Å². The summed E-state index contributed by atoms with van der Waals surface area (Å²) >= 11 is 0. The fraction of sp³-hybridized carbons (Fsp3) is 0.688. The Labute approximate surface area is 117 Å². The van der Waals surface area contributed by atoms with Crippen LogP contribution in [0.1, 0.15) is 39.2 Å². The molecule has 1 atom stereocenters. The van der Waals surface area contributed by atoms with Gasteiger partial charge in [0.05, 0.1) is 0 Å². The highest BCUT2D eigenvalue weighted by atomic mass is 15.2. The van der Waals surface area contributed by atoms with Gasteiger partial charge in [0, 0.05) is 31.4 Å². The lowest BCUT2D eigenvalue weighted by molar-refractivity contribution is 0.335. The van der Waals surface area contributed by atoms with Crippen LogP contribution in [0.5, 0.6) is 0 Å². The molecule has 0 spiro atoms. The zero-order valence-corrected chi connectivity index (χ0v) is 12.7. The van der Waals surface area contributed by atoms with Gasteiger partial charge in [0.15, 0.2) is 0 Å². The fourth-order valence-corrected chi connectivity index (χ4v) is 2.58. The Morgan fingerprint density at radius 2 is 2.21 bits per heavy atom. The third-order valence-electron chi connectivity index (χ3n) is 3.67. The number of piperidine rings is 1. The molecule has 0 radical (unpaired) electrons. The molecule has 1 aromatic rings. The predicted molar refractivity (Wildman–Crippen MR) is 81.7 cm³/mol. The number of aryl methyl sites for hydroxylation is 1. The summed E-state index contributed by atoms with van der Waals surface area (Å²) in [7, 11) is 0. The van der Waals surface area contributed by atoms with Gasteiger partial charge in [0.25, 0.3) is 0 Å². The van der Waals surface area contributed by atoms with Crippen LogP contribution in [0.25, 0.3) is 0 Å². The molecule has 2 heterocycles. The third kappa shape index (κ3) is 4.50. The van der Waals surface area contributed by atoms with Gasteiger partial charge in [-0.05, 0) is 64.2 Å². The minimum Gasteiger partial charge on any atom is -0.356 e. The molecule has 19 heavy (non-hydrogen) atoms. The molecule has 1 unspecified atom stereocenters. The van der Waals surface area contributed by atoms with Crippen LogP contribution in [0.15, 0.2) is 18.3 Å². The second kappa shape index (κ2) is 5.91. The second-order valence-electron chi connectivity index (χ2n) is 6.78. The van der Waals surface area contributed by atoms with Crippen molar-refractivity contribution in [3.05, 3.63) is 23.9 Å². The van der Waals surface area contributed by atoms with Gasteiger partial charge in [-0.25, -0.2) is 4.98 Å². The van der Waals surface area contributed by atoms with E-state index in [-0.39, 0.29) is 5.54 Å². The Bertz CT molecular complexity index is 409. The van der Waals surface area contributed by atoms with E-state index in [9.17, 15) is 0 Å². The van der Waals surface area contributed by atoms with Crippen molar-refractivity contribution in [3.63, 3.8) is 0 Å². The summed E-state index contributed by atoms with van der Waals surface area (Å²) < 4.78 is 0. The molecule has 1 aliphatic heterocycles. The minimum absolute atomic E-state index is 0.212. The number of hydrogen-bond acceptors (Lipinski definition) is 3. The van der Waals surface area contributed by atoms with Gasteiger partial charge in [0.1, 0.15) is 5.82 Å². The number of pyridine rings is 1. The van der Waals surface area contributed by atoms with E-state index in [1.807, 2.05) is 6.20 Å².